The summed E-state index contributed by atoms with van der Waals surface area (Å²) in [6.45, 7) is 0. The zero-order valence-electron chi connectivity index (χ0n) is 16.8. The quantitative estimate of drug-likeness (QED) is 0.403. The van der Waals surface area contributed by atoms with E-state index >= 15 is 0 Å². The third-order valence-corrected chi connectivity index (χ3v) is 5.48. The molecule has 1 heterocycles. The molecule has 0 aliphatic carbocycles. The van der Waals surface area contributed by atoms with E-state index in [0.29, 0.717) is 17.1 Å². The van der Waals surface area contributed by atoms with Crippen molar-refractivity contribution in [2.45, 2.75) is 5.92 Å². The van der Waals surface area contributed by atoms with Gasteiger partial charge in [0.25, 0.3) is 0 Å². The summed E-state index contributed by atoms with van der Waals surface area (Å²) in [5, 5.41) is 9.75. The molecule has 0 saturated heterocycles. The van der Waals surface area contributed by atoms with Crippen LogP contribution in [0.2, 0.25) is 0 Å². The monoisotopic (exact) mass is 494 g/mol. The van der Waals surface area contributed by atoms with Crippen LogP contribution in [0, 0.1) is 17.1 Å². The number of carbonyl (C=O) groups is 1. The maximum absolute atomic E-state index is 13.1. The fraction of sp³-hybridized carbons (Fsp3) is 0.0833. The Morgan fingerprint density at radius 3 is 2.56 bits per heavy atom. The predicted molar refractivity (Wildman–Crippen MR) is 118 cm³/mol. The van der Waals surface area contributed by atoms with E-state index in [1.165, 1.54) is 30.3 Å². The zero-order chi connectivity index (χ0) is 22.8. The number of nitriles is 1. The van der Waals surface area contributed by atoms with Gasteiger partial charge in [0.2, 0.25) is 5.88 Å². The van der Waals surface area contributed by atoms with Crippen LogP contribution in [0.3, 0.4) is 0 Å². The van der Waals surface area contributed by atoms with Crippen LogP contribution in [0.4, 0.5) is 4.39 Å². The number of nitrogens with zero attached hydrogens (tertiary/aromatic N) is 1. The molecule has 6 nitrogen and oxygen atoms in total. The molecule has 1 aliphatic heterocycles. The van der Waals surface area contributed by atoms with E-state index < -0.39 is 17.7 Å². The van der Waals surface area contributed by atoms with Gasteiger partial charge in [0.15, 0.2) is 0 Å². The van der Waals surface area contributed by atoms with Crippen LogP contribution in [0.25, 0.3) is 0 Å². The van der Waals surface area contributed by atoms with E-state index in [4.69, 9.17) is 19.9 Å². The smallest absolute Gasteiger partial charge is 0.343 e. The first-order valence-electron chi connectivity index (χ1n) is 9.44. The summed E-state index contributed by atoms with van der Waals surface area (Å²) in [5.74, 6) is -0.546. The van der Waals surface area contributed by atoms with E-state index in [2.05, 4.69) is 22.0 Å². The number of rotatable bonds is 4. The number of carbonyl (C=O) groups excluding carboxylic acids is 1. The summed E-state index contributed by atoms with van der Waals surface area (Å²) >= 11 is 3.46. The van der Waals surface area contributed by atoms with E-state index in [1.807, 2.05) is 12.1 Å². The highest BCUT2D eigenvalue weighted by molar-refractivity contribution is 9.10. The molecule has 4 rings (SSSR count). The van der Waals surface area contributed by atoms with Gasteiger partial charge in [0, 0.05) is 21.7 Å². The molecule has 0 radical (unpaired) electrons. The molecule has 0 saturated carbocycles. The highest BCUT2D eigenvalue weighted by Crippen LogP contribution is 2.46. The second-order valence-electron chi connectivity index (χ2n) is 6.91. The molecule has 32 heavy (non-hydrogen) atoms. The second-order valence-corrected chi connectivity index (χ2v) is 7.82. The summed E-state index contributed by atoms with van der Waals surface area (Å²) < 4.78 is 30.5. The van der Waals surface area contributed by atoms with Gasteiger partial charge in [-0.05, 0) is 48.5 Å². The van der Waals surface area contributed by atoms with Crippen LogP contribution in [0.1, 0.15) is 27.4 Å². The summed E-state index contributed by atoms with van der Waals surface area (Å²) in [4.78, 5) is 12.4. The largest absolute Gasteiger partial charge is 0.496 e. The van der Waals surface area contributed by atoms with Crippen molar-refractivity contribution in [2.24, 2.45) is 5.73 Å². The average molecular weight is 495 g/mol. The van der Waals surface area contributed by atoms with Gasteiger partial charge in [0.05, 0.1) is 18.6 Å². The molecule has 0 bridgehead atoms. The van der Waals surface area contributed by atoms with Crippen LogP contribution >= 0.6 is 15.9 Å². The maximum atomic E-state index is 13.1. The van der Waals surface area contributed by atoms with E-state index in [-0.39, 0.29) is 22.8 Å². The van der Waals surface area contributed by atoms with E-state index in [0.717, 1.165) is 10.0 Å². The molecule has 160 valence electrons. The zero-order valence-corrected chi connectivity index (χ0v) is 18.4. The Morgan fingerprint density at radius 2 is 1.88 bits per heavy atom. The lowest BCUT2D eigenvalue weighted by atomic mass is 9.83. The Hall–Kier alpha value is -3.83. The molecule has 3 aromatic rings. The van der Waals surface area contributed by atoms with E-state index in [1.54, 1.807) is 25.3 Å². The van der Waals surface area contributed by atoms with Crippen molar-refractivity contribution in [3.05, 3.63) is 99.1 Å². The molecule has 0 fully saturated rings. The Balaban J connectivity index is 1.73. The fourth-order valence-electron chi connectivity index (χ4n) is 3.50. The van der Waals surface area contributed by atoms with Crippen LogP contribution in [0.15, 0.2) is 76.6 Å². The number of hydrogen-bond donors (Lipinski definition) is 1. The fourth-order valence-corrected chi connectivity index (χ4v) is 3.88. The molecule has 2 N–H and O–H groups in total. The third kappa shape index (κ3) is 4.03. The highest BCUT2D eigenvalue weighted by atomic mass is 79.9. The van der Waals surface area contributed by atoms with Crippen LogP contribution in [-0.2, 0) is 0 Å². The molecule has 0 aromatic heterocycles. The van der Waals surface area contributed by atoms with Crippen molar-refractivity contribution in [2.75, 3.05) is 7.11 Å². The minimum Gasteiger partial charge on any atom is -0.496 e. The Labute approximate surface area is 191 Å². The first-order valence-corrected chi connectivity index (χ1v) is 10.2. The first-order chi connectivity index (χ1) is 15.4. The van der Waals surface area contributed by atoms with Crippen molar-refractivity contribution in [1.29, 1.82) is 5.26 Å². The topological polar surface area (TPSA) is 94.6 Å². The minimum atomic E-state index is -0.646. The number of ether oxygens (including phenoxy) is 3. The van der Waals surface area contributed by atoms with Crippen molar-refractivity contribution < 1.29 is 23.4 Å². The number of allylic oxidation sites excluding steroid dienone is 1. The SMILES string of the molecule is COc1ccc(Br)cc1C1C(C#N)=C(N)Oc2cc(OC(=O)c3ccc(F)cc3)ccc21. The standard InChI is InChI=1S/C24H16BrFN2O4/c1-30-20-9-4-14(25)10-18(20)22-17-8-7-16(11-21(17)32-23(28)19(22)12-27)31-24(29)13-2-5-15(26)6-3-13/h2-11,22H,28H2,1H3. The van der Waals surface area contributed by atoms with Gasteiger partial charge >= 0.3 is 5.97 Å². The lowest BCUT2D eigenvalue weighted by Gasteiger charge is -2.27. The van der Waals surface area contributed by atoms with Gasteiger partial charge in [-0.25, -0.2) is 9.18 Å². The van der Waals surface area contributed by atoms with Crippen LogP contribution in [0.5, 0.6) is 17.2 Å². The molecular weight excluding hydrogens is 479 g/mol. The molecule has 0 spiro atoms. The minimum absolute atomic E-state index is 0.0472. The molecule has 8 heteroatoms. The lowest BCUT2D eigenvalue weighted by Crippen LogP contribution is -2.21. The lowest BCUT2D eigenvalue weighted by molar-refractivity contribution is 0.0734. The molecule has 0 amide bonds. The first kappa shape index (κ1) is 21.4. The number of halogens is 2. The Bertz CT molecular complexity index is 1280. The number of hydrogen-bond acceptors (Lipinski definition) is 6. The number of methoxy groups -OCH3 is 1. The van der Waals surface area contributed by atoms with Gasteiger partial charge in [0.1, 0.15) is 34.7 Å². The number of benzene rings is 3. The highest BCUT2D eigenvalue weighted by Gasteiger charge is 2.33. The third-order valence-electron chi connectivity index (χ3n) is 4.98. The normalized spacial score (nSPS) is 14.8. The van der Waals surface area contributed by atoms with Gasteiger partial charge in [-0.1, -0.05) is 22.0 Å². The van der Waals surface area contributed by atoms with Crippen LogP contribution in [-0.4, -0.2) is 13.1 Å². The Kier molecular flexibility index (Phi) is 5.84. The molecule has 1 atom stereocenters. The average Bonchev–Trinajstić information content (AvgIpc) is 2.78. The number of esters is 1. The molecular formula is C24H16BrFN2O4. The molecule has 3 aromatic carbocycles. The summed E-state index contributed by atoms with van der Waals surface area (Å²) in [6.07, 6.45) is 0. The summed E-state index contributed by atoms with van der Waals surface area (Å²) in [5.41, 5.74) is 7.88. The maximum Gasteiger partial charge on any atom is 0.343 e. The Morgan fingerprint density at radius 1 is 1.12 bits per heavy atom. The van der Waals surface area contributed by atoms with E-state index in [9.17, 15) is 14.4 Å². The summed E-state index contributed by atoms with van der Waals surface area (Å²) in [7, 11) is 1.55. The second kappa shape index (κ2) is 8.73. The summed E-state index contributed by atoms with van der Waals surface area (Å²) in [6, 6.07) is 17.5. The van der Waals surface area contributed by atoms with Gasteiger partial charge < -0.3 is 19.9 Å². The van der Waals surface area contributed by atoms with Crippen LogP contribution < -0.4 is 19.9 Å². The van der Waals surface area contributed by atoms with Gasteiger partial charge in [-0.3, -0.25) is 0 Å². The van der Waals surface area contributed by atoms with Gasteiger partial charge in [-0.15, -0.1) is 0 Å². The number of fused-ring (bicyclic) bond motifs is 1. The molecule has 1 unspecified atom stereocenters. The van der Waals surface area contributed by atoms with Crippen molar-refractivity contribution in [3.8, 4) is 23.3 Å². The molecule has 1 aliphatic rings. The van der Waals surface area contributed by atoms with Crippen molar-refractivity contribution in [1.82, 2.24) is 0 Å². The van der Waals surface area contributed by atoms with Crippen molar-refractivity contribution >= 4 is 21.9 Å². The predicted octanol–water partition coefficient (Wildman–Crippen LogP) is 5.03. The van der Waals surface area contributed by atoms with Crippen molar-refractivity contribution in [3.63, 3.8) is 0 Å². The van der Waals surface area contributed by atoms with Gasteiger partial charge in [-0.2, -0.15) is 5.26 Å². The number of nitrogens with two attached hydrogens (primary N) is 1.